The van der Waals surface area contributed by atoms with E-state index in [0.29, 0.717) is 6.10 Å². The molecule has 0 aromatic heterocycles. The fourth-order valence-corrected chi connectivity index (χ4v) is 3.81. The number of unbranched alkanes of at least 4 members (excludes halogenated alkanes) is 13. The van der Waals surface area contributed by atoms with Crippen molar-refractivity contribution in [3.8, 4) is 0 Å². The normalized spacial score (nSPS) is 17.3. The van der Waals surface area contributed by atoms with Gasteiger partial charge >= 0.3 is 0 Å². The molecule has 1 aliphatic rings. The minimum Gasteiger partial charge on any atom is -0.372 e. The maximum Gasteiger partial charge on any atom is 0.0900 e. The molecule has 126 valence electrons. The van der Waals surface area contributed by atoms with Crippen LogP contribution in [0.1, 0.15) is 96.8 Å². The van der Waals surface area contributed by atoms with Gasteiger partial charge in [-0.15, -0.1) is 0 Å². The lowest BCUT2D eigenvalue weighted by Gasteiger charge is -2.03. The van der Waals surface area contributed by atoms with Gasteiger partial charge in [-0.2, -0.15) is 11.8 Å². The van der Waals surface area contributed by atoms with Gasteiger partial charge in [-0.25, -0.2) is 0 Å². The van der Waals surface area contributed by atoms with Crippen LogP contribution in [0.15, 0.2) is 0 Å². The van der Waals surface area contributed by atoms with Crippen LogP contribution in [0.3, 0.4) is 0 Å². The lowest BCUT2D eigenvalue weighted by Crippen LogP contribution is -1.91. The molecule has 0 radical (unpaired) electrons. The van der Waals surface area contributed by atoms with Crippen molar-refractivity contribution >= 4 is 11.8 Å². The molecule has 21 heavy (non-hydrogen) atoms. The van der Waals surface area contributed by atoms with E-state index >= 15 is 0 Å². The van der Waals surface area contributed by atoms with Gasteiger partial charge in [0.05, 0.1) is 12.7 Å². The van der Waals surface area contributed by atoms with Crippen LogP contribution in [0.25, 0.3) is 0 Å². The second kappa shape index (κ2) is 15.2. The van der Waals surface area contributed by atoms with E-state index in [0.717, 1.165) is 6.61 Å². The summed E-state index contributed by atoms with van der Waals surface area (Å²) in [7, 11) is 0. The van der Waals surface area contributed by atoms with Crippen LogP contribution in [0, 0.1) is 0 Å². The van der Waals surface area contributed by atoms with Crippen molar-refractivity contribution in [2.24, 2.45) is 0 Å². The molecule has 1 rings (SSSR count). The van der Waals surface area contributed by atoms with Gasteiger partial charge in [0, 0.05) is 5.75 Å². The SMILES string of the molecule is CCCCCCCCCCCCCCCCSCC1CO1. The van der Waals surface area contributed by atoms with Gasteiger partial charge < -0.3 is 4.74 Å². The predicted octanol–water partition coefficient (Wildman–Crippen LogP) is 6.60. The van der Waals surface area contributed by atoms with E-state index in [2.05, 4.69) is 18.7 Å². The number of hydrogen-bond donors (Lipinski definition) is 0. The zero-order valence-electron chi connectivity index (χ0n) is 14.4. The molecular formula is C19H38OS. The smallest absolute Gasteiger partial charge is 0.0900 e. The molecule has 0 amide bonds. The summed E-state index contributed by atoms with van der Waals surface area (Å²) < 4.78 is 5.21. The van der Waals surface area contributed by atoms with Crippen molar-refractivity contribution in [2.45, 2.75) is 103 Å². The van der Waals surface area contributed by atoms with Gasteiger partial charge in [-0.3, -0.25) is 0 Å². The second-order valence-electron chi connectivity index (χ2n) is 6.63. The summed E-state index contributed by atoms with van der Waals surface area (Å²) in [5.74, 6) is 2.58. The van der Waals surface area contributed by atoms with E-state index < -0.39 is 0 Å². The van der Waals surface area contributed by atoms with Crippen molar-refractivity contribution in [1.29, 1.82) is 0 Å². The van der Waals surface area contributed by atoms with Crippen LogP contribution < -0.4 is 0 Å². The highest BCUT2D eigenvalue weighted by Gasteiger charge is 2.21. The third-order valence-corrected chi connectivity index (χ3v) is 5.53. The molecule has 0 bridgehead atoms. The Morgan fingerprint density at radius 2 is 1.14 bits per heavy atom. The fraction of sp³-hybridized carbons (Fsp3) is 1.00. The van der Waals surface area contributed by atoms with Crippen molar-refractivity contribution < 1.29 is 4.74 Å². The van der Waals surface area contributed by atoms with Crippen LogP contribution in [0.5, 0.6) is 0 Å². The monoisotopic (exact) mass is 314 g/mol. The Kier molecular flexibility index (Phi) is 14.0. The highest BCUT2D eigenvalue weighted by Crippen LogP contribution is 2.18. The summed E-state index contributed by atoms with van der Waals surface area (Å²) in [6, 6.07) is 0. The summed E-state index contributed by atoms with van der Waals surface area (Å²) in [6.07, 6.45) is 21.0. The van der Waals surface area contributed by atoms with E-state index in [9.17, 15) is 0 Å². The molecule has 1 fully saturated rings. The van der Waals surface area contributed by atoms with Gasteiger partial charge in [0.15, 0.2) is 0 Å². The Morgan fingerprint density at radius 3 is 1.57 bits per heavy atom. The molecule has 0 aromatic rings. The van der Waals surface area contributed by atoms with Crippen molar-refractivity contribution in [3.05, 3.63) is 0 Å². The molecule has 2 heteroatoms. The first-order valence-electron chi connectivity index (χ1n) is 9.63. The zero-order chi connectivity index (χ0) is 15.0. The summed E-state index contributed by atoms with van der Waals surface area (Å²) >= 11 is 2.08. The average molecular weight is 315 g/mol. The van der Waals surface area contributed by atoms with Crippen LogP contribution >= 0.6 is 11.8 Å². The first-order valence-corrected chi connectivity index (χ1v) is 10.8. The van der Waals surface area contributed by atoms with E-state index in [-0.39, 0.29) is 0 Å². The standard InChI is InChI=1S/C19H38OS/c1-2-3-4-5-6-7-8-9-10-11-12-13-14-15-16-21-18-19-17-20-19/h19H,2-18H2,1H3. The molecule has 0 N–H and O–H groups in total. The minimum absolute atomic E-state index is 0.613. The van der Waals surface area contributed by atoms with Gasteiger partial charge in [0.1, 0.15) is 0 Å². The molecule has 0 aliphatic carbocycles. The number of ether oxygens (including phenoxy) is 1. The summed E-state index contributed by atoms with van der Waals surface area (Å²) in [5.41, 5.74) is 0. The molecule has 1 heterocycles. The molecule has 1 unspecified atom stereocenters. The minimum atomic E-state index is 0.613. The zero-order valence-corrected chi connectivity index (χ0v) is 15.2. The van der Waals surface area contributed by atoms with E-state index in [1.165, 1.54) is 101 Å². The Hall–Kier alpha value is 0.310. The van der Waals surface area contributed by atoms with Crippen molar-refractivity contribution in [1.82, 2.24) is 0 Å². The van der Waals surface area contributed by atoms with E-state index in [4.69, 9.17) is 4.74 Å². The Bertz CT molecular complexity index is 204. The van der Waals surface area contributed by atoms with E-state index in [1.807, 2.05) is 0 Å². The summed E-state index contributed by atoms with van der Waals surface area (Å²) in [4.78, 5) is 0. The average Bonchev–Trinajstić information content (AvgIpc) is 3.31. The maximum absolute atomic E-state index is 5.21. The predicted molar refractivity (Wildman–Crippen MR) is 97.4 cm³/mol. The first-order chi connectivity index (χ1) is 10.4. The molecule has 1 nitrogen and oxygen atoms in total. The molecule has 0 spiro atoms. The molecule has 0 aromatic carbocycles. The van der Waals surface area contributed by atoms with Gasteiger partial charge in [-0.05, 0) is 12.2 Å². The number of hydrogen-bond acceptors (Lipinski definition) is 2. The molecule has 0 saturated carbocycles. The Morgan fingerprint density at radius 1 is 0.714 bits per heavy atom. The molecule has 1 aliphatic heterocycles. The molecule has 1 saturated heterocycles. The van der Waals surface area contributed by atoms with Gasteiger partial charge in [0.25, 0.3) is 0 Å². The largest absolute Gasteiger partial charge is 0.372 e. The third kappa shape index (κ3) is 15.0. The van der Waals surface area contributed by atoms with Crippen molar-refractivity contribution in [2.75, 3.05) is 18.1 Å². The van der Waals surface area contributed by atoms with Crippen LogP contribution in [-0.2, 0) is 4.74 Å². The number of epoxide rings is 1. The molecular weight excluding hydrogens is 276 g/mol. The van der Waals surface area contributed by atoms with E-state index in [1.54, 1.807) is 0 Å². The second-order valence-corrected chi connectivity index (χ2v) is 7.78. The highest BCUT2D eigenvalue weighted by molar-refractivity contribution is 7.99. The van der Waals surface area contributed by atoms with Crippen molar-refractivity contribution in [3.63, 3.8) is 0 Å². The Balaban J connectivity index is 1.59. The maximum atomic E-state index is 5.21. The lowest BCUT2D eigenvalue weighted by molar-refractivity contribution is 0.426. The first kappa shape index (κ1) is 19.4. The van der Waals surface area contributed by atoms with Gasteiger partial charge in [0.2, 0.25) is 0 Å². The van der Waals surface area contributed by atoms with Crippen LogP contribution in [0.2, 0.25) is 0 Å². The molecule has 1 atom stereocenters. The van der Waals surface area contributed by atoms with Gasteiger partial charge in [-0.1, -0.05) is 90.4 Å². The summed E-state index contributed by atoms with van der Waals surface area (Å²) in [5, 5.41) is 0. The highest BCUT2D eigenvalue weighted by atomic mass is 32.2. The number of thioether (sulfide) groups is 1. The number of rotatable bonds is 17. The van der Waals surface area contributed by atoms with Crippen LogP contribution in [-0.4, -0.2) is 24.2 Å². The topological polar surface area (TPSA) is 12.5 Å². The summed E-state index contributed by atoms with van der Waals surface area (Å²) in [6.45, 7) is 3.31. The van der Waals surface area contributed by atoms with Crippen LogP contribution in [0.4, 0.5) is 0 Å². The Labute approximate surface area is 138 Å². The fourth-order valence-electron chi connectivity index (χ4n) is 2.78. The third-order valence-electron chi connectivity index (χ3n) is 4.35. The lowest BCUT2D eigenvalue weighted by atomic mass is 10.0. The quantitative estimate of drug-likeness (QED) is 0.221.